The van der Waals surface area contributed by atoms with Crippen molar-refractivity contribution in [1.29, 1.82) is 0 Å². The molecule has 0 fully saturated rings. The van der Waals surface area contributed by atoms with Gasteiger partial charge < -0.3 is 5.11 Å². The average Bonchev–Trinajstić information content (AvgIpc) is 3.39. The molecule has 0 atom stereocenters. The van der Waals surface area contributed by atoms with Crippen LogP contribution < -0.4 is 0 Å². The summed E-state index contributed by atoms with van der Waals surface area (Å²) in [6.07, 6.45) is 4.80. The molecule has 172 valence electrons. The van der Waals surface area contributed by atoms with Gasteiger partial charge in [0.2, 0.25) is 0 Å². The van der Waals surface area contributed by atoms with Gasteiger partial charge in [0.15, 0.2) is 5.82 Å². The van der Waals surface area contributed by atoms with E-state index in [0.717, 1.165) is 39.0 Å². The van der Waals surface area contributed by atoms with Crippen molar-refractivity contribution in [3.63, 3.8) is 0 Å². The van der Waals surface area contributed by atoms with Crippen LogP contribution in [0.15, 0.2) is 110 Å². The summed E-state index contributed by atoms with van der Waals surface area (Å²) in [5.74, 6) is -0.600. The van der Waals surface area contributed by atoms with Gasteiger partial charge in [-0.05, 0) is 41.5 Å². The first-order chi connectivity index (χ1) is 17.7. The van der Waals surface area contributed by atoms with Crippen LogP contribution in [0.2, 0.25) is 0 Å². The second-order valence-corrected chi connectivity index (χ2v) is 8.24. The molecule has 3 aromatic heterocycles. The molecule has 0 amide bonds. The van der Waals surface area contributed by atoms with Gasteiger partial charge in [0.05, 0.1) is 28.0 Å². The van der Waals surface area contributed by atoms with Crippen molar-refractivity contribution >= 4 is 17.0 Å². The molecular formula is C29H19N5O2. The molecule has 0 aliphatic carbocycles. The molecule has 0 saturated heterocycles. The van der Waals surface area contributed by atoms with E-state index in [2.05, 4.69) is 39.2 Å². The van der Waals surface area contributed by atoms with Crippen LogP contribution in [0.25, 0.3) is 50.5 Å². The van der Waals surface area contributed by atoms with Crippen molar-refractivity contribution in [2.75, 3.05) is 0 Å². The van der Waals surface area contributed by atoms with E-state index >= 15 is 0 Å². The minimum absolute atomic E-state index is 0.142. The second kappa shape index (κ2) is 8.88. The quantitative estimate of drug-likeness (QED) is 0.337. The van der Waals surface area contributed by atoms with Crippen molar-refractivity contribution in [1.82, 2.24) is 24.7 Å². The zero-order valence-electron chi connectivity index (χ0n) is 19.0. The molecule has 6 rings (SSSR count). The normalized spacial score (nSPS) is 11.0. The third kappa shape index (κ3) is 3.99. The summed E-state index contributed by atoms with van der Waals surface area (Å²) in [7, 11) is 0. The lowest BCUT2D eigenvalue weighted by molar-refractivity contribution is 0.0696. The lowest BCUT2D eigenvalue weighted by atomic mass is 10.0. The van der Waals surface area contributed by atoms with Crippen LogP contribution in [0.1, 0.15) is 10.4 Å². The maximum atomic E-state index is 11.6. The number of carbonyl (C=O) groups is 1. The molecule has 0 unspecified atom stereocenters. The monoisotopic (exact) mass is 469 g/mol. The molecule has 7 heteroatoms. The van der Waals surface area contributed by atoms with Crippen molar-refractivity contribution in [2.45, 2.75) is 0 Å². The van der Waals surface area contributed by atoms with E-state index in [1.165, 1.54) is 18.3 Å². The molecule has 0 bridgehead atoms. The number of pyridine rings is 1. The van der Waals surface area contributed by atoms with Crippen LogP contribution in [0, 0.1) is 0 Å². The Kier molecular flexibility index (Phi) is 5.27. The molecule has 0 spiro atoms. The smallest absolute Gasteiger partial charge is 0.335 e. The molecule has 3 heterocycles. The minimum atomic E-state index is -1.02. The highest BCUT2D eigenvalue weighted by molar-refractivity contribution is 5.88. The Morgan fingerprint density at radius 3 is 2.11 bits per heavy atom. The number of fused-ring (bicyclic) bond motifs is 1. The van der Waals surface area contributed by atoms with Crippen LogP contribution in [0.4, 0.5) is 0 Å². The van der Waals surface area contributed by atoms with E-state index in [-0.39, 0.29) is 5.56 Å². The summed E-state index contributed by atoms with van der Waals surface area (Å²) in [5, 5.41) is 14.3. The number of rotatable bonds is 5. The Hall–Kier alpha value is -5.17. The number of carboxylic acid groups (broad SMARTS) is 1. The van der Waals surface area contributed by atoms with Gasteiger partial charge >= 0.3 is 5.97 Å². The maximum absolute atomic E-state index is 11.6. The highest BCUT2D eigenvalue weighted by Gasteiger charge is 2.16. The van der Waals surface area contributed by atoms with Gasteiger partial charge in [-0.3, -0.25) is 9.97 Å². The van der Waals surface area contributed by atoms with Crippen molar-refractivity contribution in [2.24, 2.45) is 0 Å². The molecule has 0 radical (unpaired) electrons. The first-order valence-corrected chi connectivity index (χ1v) is 11.3. The molecule has 3 aromatic carbocycles. The lowest BCUT2D eigenvalue weighted by Crippen LogP contribution is -2.05. The largest absolute Gasteiger partial charge is 0.478 e. The van der Waals surface area contributed by atoms with E-state index in [1.807, 2.05) is 54.6 Å². The zero-order chi connectivity index (χ0) is 24.5. The molecule has 6 aromatic rings. The fourth-order valence-corrected chi connectivity index (χ4v) is 4.16. The summed E-state index contributed by atoms with van der Waals surface area (Å²) >= 11 is 0. The summed E-state index contributed by atoms with van der Waals surface area (Å²) in [6, 6.07) is 29.1. The Labute approximate surface area is 206 Å². The van der Waals surface area contributed by atoms with Crippen LogP contribution in [0.3, 0.4) is 0 Å². The molecule has 0 saturated carbocycles. The number of aromatic carboxylic acids is 1. The molecule has 0 aliphatic rings. The standard InChI is InChI=1S/C29H19N5O2/c35-29(36)23-12-13-32-28(17-23)34-27(21-8-6-20(7-9-21)19-4-2-1-3-5-19)18-25(33-34)22-10-11-24-26(16-22)31-15-14-30-24/h1-18H,(H,35,36). The van der Waals surface area contributed by atoms with E-state index in [4.69, 9.17) is 5.10 Å². The summed E-state index contributed by atoms with van der Waals surface area (Å²) < 4.78 is 1.68. The van der Waals surface area contributed by atoms with Gasteiger partial charge in [-0.1, -0.05) is 60.7 Å². The Morgan fingerprint density at radius 1 is 0.639 bits per heavy atom. The third-order valence-electron chi connectivity index (χ3n) is 5.97. The van der Waals surface area contributed by atoms with Crippen molar-refractivity contribution in [3.05, 3.63) is 115 Å². The summed E-state index contributed by atoms with van der Waals surface area (Å²) in [4.78, 5) is 24.8. The van der Waals surface area contributed by atoms with Crippen LogP contribution in [0.5, 0.6) is 0 Å². The predicted octanol–water partition coefficient (Wildman–Crippen LogP) is 5.91. The number of aromatic nitrogens is 5. The topological polar surface area (TPSA) is 93.8 Å². The number of benzene rings is 3. The zero-order valence-corrected chi connectivity index (χ0v) is 19.0. The molecule has 36 heavy (non-hydrogen) atoms. The Bertz CT molecular complexity index is 1710. The highest BCUT2D eigenvalue weighted by atomic mass is 16.4. The average molecular weight is 470 g/mol. The van der Waals surface area contributed by atoms with Gasteiger partial charge in [0.25, 0.3) is 0 Å². The fraction of sp³-hybridized carbons (Fsp3) is 0. The minimum Gasteiger partial charge on any atom is -0.478 e. The second-order valence-electron chi connectivity index (χ2n) is 8.24. The predicted molar refractivity (Wildman–Crippen MR) is 138 cm³/mol. The molecule has 0 aliphatic heterocycles. The van der Waals surface area contributed by atoms with Crippen LogP contribution in [-0.4, -0.2) is 35.8 Å². The molecule has 7 nitrogen and oxygen atoms in total. The summed E-state index contributed by atoms with van der Waals surface area (Å²) in [6.45, 7) is 0. The maximum Gasteiger partial charge on any atom is 0.335 e. The lowest BCUT2D eigenvalue weighted by Gasteiger charge is -2.08. The first-order valence-electron chi connectivity index (χ1n) is 11.3. The van der Waals surface area contributed by atoms with Crippen LogP contribution in [-0.2, 0) is 0 Å². The number of nitrogens with zero attached hydrogens (tertiary/aromatic N) is 5. The molecular weight excluding hydrogens is 450 g/mol. The van der Waals surface area contributed by atoms with Crippen molar-refractivity contribution in [3.8, 4) is 39.5 Å². The highest BCUT2D eigenvalue weighted by Crippen LogP contribution is 2.31. The fourth-order valence-electron chi connectivity index (χ4n) is 4.16. The van der Waals surface area contributed by atoms with Gasteiger partial charge in [0.1, 0.15) is 0 Å². The third-order valence-corrected chi connectivity index (χ3v) is 5.97. The van der Waals surface area contributed by atoms with Crippen molar-refractivity contribution < 1.29 is 9.90 Å². The number of carboxylic acids is 1. The Morgan fingerprint density at radius 2 is 1.33 bits per heavy atom. The SMILES string of the molecule is O=C(O)c1ccnc(-n2nc(-c3ccc4nccnc4c3)cc2-c2ccc(-c3ccccc3)cc2)c1. The van der Waals surface area contributed by atoms with E-state index in [1.54, 1.807) is 17.1 Å². The first kappa shape index (κ1) is 21.4. The molecule has 1 N–H and O–H groups in total. The van der Waals surface area contributed by atoms with E-state index in [9.17, 15) is 9.90 Å². The summed E-state index contributed by atoms with van der Waals surface area (Å²) in [5.41, 5.74) is 7.25. The van der Waals surface area contributed by atoms with E-state index < -0.39 is 5.97 Å². The Balaban J connectivity index is 1.49. The van der Waals surface area contributed by atoms with E-state index in [0.29, 0.717) is 11.5 Å². The number of hydrogen-bond acceptors (Lipinski definition) is 5. The van der Waals surface area contributed by atoms with Gasteiger partial charge in [-0.15, -0.1) is 0 Å². The van der Waals surface area contributed by atoms with Gasteiger partial charge in [-0.25, -0.2) is 14.5 Å². The van der Waals surface area contributed by atoms with Crippen LogP contribution >= 0.6 is 0 Å². The number of hydrogen-bond donors (Lipinski definition) is 1. The van der Waals surface area contributed by atoms with Gasteiger partial charge in [0, 0.05) is 29.7 Å². The van der Waals surface area contributed by atoms with Gasteiger partial charge in [-0.2, -0.15) is 5.10 Å².